The van der Waals surface area contributed by atoms with Crippen molar-refractivity contribution in [2.24, 2.45) is 0 Å². The average molecular weight is 408 g/mol. The van der Waals surface area contributed by atoms with Gasteiger partial charge in [0, 0.05) is 16.5 Å². The van der Waals surface area contributed by atoms with Crippen LogP contribution in [-0.2, 0) is 6.42 Å². The second kappa shape index (κ2) is 6.70. The molecule has 1 nitrogen and oxygen atoms in total. The predicted octanol–water partition coefficient (Wildman–Crippen LogP) is 8.02. The fourth-order valence-electron chi connectivity index (χ4n) is 5.31. The molecule has 0 radical (unpaired) electrons. The topological polar surface area (TPSA) is 4.93 Å². The monoisotopic (exact) mass is 407 g/mol. The smallest absolute Gasteiger partial charge is 0.0547 e. The first-order valence-electron chi connectivity index (χ1n) is 11.2. The van der Waals surface area contributed by atoms with Gasteiger partial charge in [0.1, 0.15) is 0 Å². The van der Waals surface area contributed by atoms with Crippen LogP contribution < -0.4 is 0 Å². The molecule has 0 N–H and O–H groups in total. The first kappa shape index (κ1) is 17.6. The minimum atomic E-state index is 1.02. The van der Waals surface area contributed by atoms with E-state index in [0.717, 1.165) is 6.42 Å². The van der Waals surface area contributed by atoms with E-state index in [2.05, 4.69) is 120 Å². The molecule has 1 aliphatic carbocycles. The predicted molar refractivity (Wildman–Crippen MR) is 134 cm³/mol. The van der Waals surface area contributed by atoms with Crippen molar-refractivity contribution >= 4 is 21.8 Å². The van der Waals surface area contributed by atoms with Gasteiger partial charge in [-0.3, -0.25) is 0 Å². The first-order chi connectivity index (χ1) is 15.9. The fraction of sp³-hybridized carbons (Fsp3) is 0.0323. The number of benzene rings is 5. The van der Waals surface area contributed by atoms with Gasteiger partial charge in [0.15, 0.2) is 0 Å². The SMILES string of the molecule is c1ccc(-c2ccc3c4ccccc4n(-c4ccc5c(c4)-c4ccccc4C5)c3c2)cc1. The minimum absolute atomic E-state index is 1.02. The highest BCUT2D eigenvalue weighted by Gasteiger charge is 2.20. The summed E-state index contributed by atoms with van der Waals surface area (Å²) >= 11 is 0. The Bertz CT molecular complexity index is 1640. The zero-order valence-corrected chi connectivity index (χ0v) is 17.6. The molecule has 0 spiro atoms. The maximum Gasteiger partial charge on any atom is 0.0547 e. The zero-order chi connectivity index (χ0) is 21.1. The molecule has 0 atom stereocenters. The lowest BCUT2D eigenvalue weighted by molar-refractivity contribution is 1.17. The van der Waals surface area contributed by atoms with Crippen molar-refractivity contribution in [3.63, 3.8) is 0 Å². The maximum absolute atomic E-state index is 2.43. The van der Waals surface area contributed by atoms with Crippen molar-refractivity contribution in [2.75, 3.05) is 0 Å². The molecule has 150 valence electrons. The Hall–Kier alpha value is -4.10. The van der Waals surface area contributed by atoms with Crippen molar-refractivity contribution in [3.05, 3.63) is 126 Å². The van der Waals surface area contributed by atoms with E-state index in [-0.39, 0.29) is 0 Å². The highest BCUT2D eigenvalue weighted by atomic mass is 15.0. The largest absolute Gasteiger partial charge is 0.309 e. The van der Waals surface area contributed by atoms with Gasteiger partial charge in [-0.15, -0.1) is 0 Å². The van der Waals surface area contributed by atoms with Crippen LogP contribution >= 0.6 is 0 Å². The minimum Gasteiger partial charge on any atom is -0.309 e. The number of hydrogen-bond acceptors (Lipinski definition) is 0. The summed E-state index contributed by atoms with van der Waals surface area (Å²) in [5.74, 6) is 0. The van der Waals surface area contributed by atoms with Gasteiger partial charge in [0.05, 0.1) is 11.0 Å². The molecule has 0 amide bonds. The molecule has 0 bridgehead atoms. The fourth-order valence-corrected chi connectivity index (χ4v) is 5.31. The Kier molecular flexibility index (Phi) is 3.68. The molecule has 32 heavy (non-hydrogen) atoms. The van der Waals surface area contributed by atoms with Crippen molar-refractivity contribution in [1.29, 1.82) is 0 Å². The summed E-state index contributed by atoms with van der Waals surface area (Å²) in [7, 11) is 0. The molecule has 1 heteroatoms. The number of aromatic nitrogens is 1. The molecular formula is C31H21N. The maximum atomic E-state index is 2.43. The molecule has 1 heterocycles. The third kappa shape index (κ3) is 2.52. The number of para-hydroxylation sites is 1. The van der Waals surface area contributed by atoms with Crippen LogP contribution in [0.1, 0.15) is 11.1 Å². The van der Waals surface area contributed by atoms with Crippen LogP contribution in [-0.4, -0.2) is 4.57 Å². The summed E-state index contributed by atoms with van der Waals surface area (Å²) in [6.07, 6.45) is 1.02. The lowest BCUT2D eigenvalue weighted by atomic mass is 10.0. The van der Waals surface area contributed by atoms with Crippen LogP contribution in [0.25, 0.3) is 49.7 Å². The summed E-state index contributed by atoms with van der Waals surface area (Å²) in [5.41, 5.74) is 11.8. The molecule has 7 rings (SSSR count). The number of nitrogens with zero attached hydrogens (tertiary/aromatic N) is 1. The highest BCUT2D eigenvalue weighted by molar-refractivity contribution is 6.10. The van der Waals surface area contributed by atoms with Gasteiger partial charge >= 0.3 is 0 Å². The molecule has 0 aliphatic heterocycles. The van der Waals surface area contributed by atoms with Crippen molar-refractivity contribution in [3.8, 4) is 27.9 Å². The van der Waals surface area contributed by atoms with E-state index < -0.39 is 0 Å². The number of fused-ring (bicyclic) bond motifs is 6. The molecule has 0 fully saturated rings. The van der Waals surface area contributed by atoms with Crippen LogP contribution in [0.5, 0.6) is 0 Å². The van der Waals surface area contributed by atoms with Crippen LogP contribution in [0.4, 0.5) is 0 Å². The van der Waals surface area contributed by atoms with Crippen LogP contribution in [0.15, 0.2) is 115 Å². The summed E-state index contributed by atoms with van der Waals surface area (Å²) in [5, 5.41) is 2.59. The average Bonchev–Trinajstić information content (AvgIpc) is 3.39. The summed E-state index contributed by atoms with van der Waals surface area (Å²) in [4.78, 5) is 0. The highest BCUT2D eigenvalue weighted by Crippen LogP contribution is 2.40. The van der Waals surface area contributed by atoms with E-state index in [9.17, 15) is 0 Å². The molecule has 1 aromatic heterocycles. The van der Waals surface area contributed by atoms with Gasteiger partial charge in [-0.25, -0.2) is 0 Å². The van der Waals surface area contributed by atoms with Crippen LogP contribution in [0.2, 0.25) is 0 Å². The molecule has 5 aromatic carbocycles. The Labute approximate surface area is 187 Å². The molecule has 1 aliphatic rings. The van der Waals surface area contributed by atoms with E-state index in [0.29, 0.717) is 0 Å². The molecular weight excluding hydrogens is 386 g/mol. The lowest BCUT2D eigenvalue weighted by Crippen LogP contribution is -1.95. The first-order valence-corrected chi connectivity index (χ1v) is 11.2. The molecule has 0 saturated heterocycles. The second-order valence-corrected chi connectivity index (χ2v) is 8.63. The Morgan fingerprint density at radius 2 is 1.22 bits per heavy atom. The van der Waals surface area contributed by atoms with Crippen molar-refractivity contribution in [1.82, 2.24) is 4.57 Å². The van der Waals surface area contributed by atoms with Gasteiger partial charge in [0.25, 0.3) is 0 Å². The van der Waals surface area contributed by atoms with Gasteiger partial charge < -0.3 is 4.57 Å². The number of rotatable bonds is 2. The van der Waals surface area contributed by atoms with E-state index in [1.807, 2.05) is 0 Å². The Morgan fingerprint density at radius 3 is 2.16 bits per heavy atom. The van der Waals surface area contributed by atoms with Gasteiger partial charge in [-0.1, -0.05) is 91.0 Å². The van der Waals surface area contributed by atoms with Gasteiger partial charge in [-0.05, 0) is 64.1 Å². The van der Waals surface area contributed by atoms with E-state index in [4.69, 9.17) is 0 Å². The standard InChI is InChI=1S/C31H21N/c1-2-8-21(9-3-1)22-15-17-28-27-12-6-7-13-30(27)32(31(28)19-22)25-16-14-24-18-23-10-4-5-11-26(23)29(24)20-25/h1-17,19-20H,18H2. The third-order valence-electron chi connectivity index (χ3n) is 6.82. The van der Waals surface area contributed by atoms with E-state index in [1.165, 1.54) is 60.9 Å². The van der Waals surface area contributed by atoms with Crippen molar-refractivity contribution < 1.29 is 0 Å². The van der Waals surface area contributed by atoms with E-state index >= 15 is 0 Å². The zero-order valence-electron chi connectivity index (χ0n) is 17.6. The molecule has 6 aromatic rings. The van der Waals surface area contributed by atoms with E-state index in [1.54, 1.807) is 0 Å². The number of hydrogen-bond donors (Lipinski definition) is 0. The molecule has 0 saturated carbocycles. The van der Waals surface area contributed by atoms with Gasteiger partial charge in [-0.2, -0.15) is 0 Å². The molecule has 0 unspecified atom stereocenters. The van der Waals surface area contributed by atoms with Crippen molar-refractivity contribution in [2.45, 2.75) is 6.42 Å². The Morgan fingerprint density at radius 1 is 0.469 bits per heavy atom. The van der Waals surface area contributed by atoms with Gasteiger partial charge in [0.2, 0.25) is 0 Å². The van der Waals surface area contributed by atoms with Crippen LogP contribution in [0, 0.1) is 0 Å². The normalized spacial score (nSPS) is 12.2. The van der Waals surface area contributed by atoms with Crippen LogP contribution in [0.3, 0.4) is 0 Å². The second-order valence-electron chi connectivity index (χ2n) is 8.63. The summed E-state index contributed by atoms with van der Waals surface area (Å²) in [6, 6.07) is 42.0. The third-order valence-corrected chi connectivity index (χ3v) is 6.82. The lowest BCUT2D eigenvalue weighted by Gasteiger charge is -2.11. The quantitative estimate of drug-likeness (QED) is 0.273. The Balaban J connectivity index is 1.52. The summed E-state index contributed by atoms with van der Waals surface area (Å²) in [6.45, 7) is 0. The summed E-state index contributed by atoms with van der Waals surface area (Å²) < 4.78 is 2.43.